The summed E-state index contributed by atoms with van der Waals surface area (Å²) in [4.78, 5) is 24.2. The second kappa shape index (κ2) is 8.49. The van der Waals surface area contributed by atoms with E-state index < -0.39 is 5.97 Å². The summed E-state index contributed by atoms with van der Waals surface area (Å²) in [6.07, 6.45) is 0. The molecule has 1 heterocycles. The Bertz CT molecular complexity index is 691. The van der Waals surface area contributed by atoms with Crippen molar-refractivity contribution in [2.45, 2.75) is 19.8 Å². The van der Waals surface area contributed by atoms with Gasteiger partial charge >= 0.3 is 5.97 Å². The highest BCUT2D eigenvalue weighted by molar-refractivity contribution is 7.15. The monoisotopic (exact) mass is 347 g/mol. The molecule has 0 saturated heterocycles. The maximum atomic E-state index is 12.0. The van der Waals surface area contributed by atoms with E-state index in [0.29, 0.717) is 28.8 Å². The first kappa shape index (κ1) is 18.0. The molecule has 24 heavy (non-hydrogen) atoms. The van der Waals surface area contributed by atoms with Crippen LogP contribution in [-0.4, -0.2) is 32.1 Å². The Morgan fingerprint density at radius 3 is 2.38 bits per heavy atom. The average Bonchev–Trinajstić information content (AvgIpc) is 3.08. The molecule has 0 aliphatic carbocycles. The van der Waals surface area contributed by atoms with Crippen LogP contribution in [0.4, 0.5) is 0 Å². The third-order valence-corrected chi connectivity index (χ3v) is 4.48. The maximum Gasteiger partial charge on any atom is 0.348 e. The molecular formula is C18H21NO4S. The molecule has 0 spiro atoms. The van der Waals surface area contributed by atoms with E-state index in [0.717, 1.165) is 17.1 Å². The molecule has 0 fully saturated rings. The van der Waals surface area contributed by atoms with Crippen molar-refractivity contribution < 1.29 is 19.1 Å². The molecule has 0 aliphatic heterocycles. The number of benzene rings is 1. The van der Waals surface area contributed by atoms with Gasteiger partial charge in [-0.05, 0) is 35.7 Å². The van der Waals surface area contributed by atoms with Gasteiger partial charge in [0.2, 0.25) is 0 Å². The van der Waals surface area contributed by atoms with Gasteiger partial charge in [0.05, 0.1) is 18.5 Å². The summed E-state index contributed by atoms with van der Waals surface area (Å²) in [5.74, 6) is 0.595. The van der Waals surface area contributed by atoms with E-state index in [-0.39, 0.29) is 5.91 Å². The summed E-state index contributed by atoms with van der Waals surface area (Å²) < 4.78 is 10.2. The zero-order chi connectivity index (χ0) is 17.5. The van der Waals surface area contributed by atoms with E-state index in [4.69, 9.17) is 4.74 Å². The van der Waals surface area contributed by atoms with Crippen molar-refractivity contribution in [2.24, 2.45) is 0 Å². The molecule has 1 aromatic heterocycles. The molecule has 0 bridgehead atoms. The SMILES string of the molecule is COC(=O)c1ccc(C(=O)NCCOc2ccc(C(C)C)cc2)s1. The first-order valence-electron chi connectivity index (χ1n) is 7.70. The molecule has 1 N–H and O–H groups in total. The molecule has 2 rings (SSSR count). The van der Waals surface area contributed by atoms with Gasteiger partial charge in [-0.3, -0.25) is 4.79 Å². The highest BCUT2D eigenvalue weighted by Crippen LogP contribution is 2.19. The minimum atomic E-state index is -0.438. The lowest BCUT2D eigenvalue weighted by Gasteiger charge is -2.09. The Hall–Kier alpha value is -2.34. The van der Waals surface area contributed by atoms with E-state index in [1.54, 1.807) is 12.1 Å². The van der Waals surface area contributed by atoms with Gasteiger partial charge in [0.1, 0.15) is 17.2 Å². The summed E-state index contributed by atoms with van der Waals surface area (Å²) >= 11 is 1.10. The molecule has 1 aromatic carbocycles. The Kier molecular flexibility index (Phi) is 6.37. The number of ether oxygens (including phenoxy) is 2. The van der Waals surface area contributed by atoms with Crippen LogP contribution >= 0.6 is 11.3 Å². The zero-order valence-electron chi connectivity index (χ0n) is 14.0. The van der Waals surface area contributed by atoms with E-state index in [2.05, 4.69) is 23.9 Å². The van der Waals surface area contributed by atoms with Gasteiger partial charge in [-0.25, -0.2) is 4.79 Å². The number of thiophene rings is 1. The van der Waals surface area contributed by atoms with Crippen molar-refractivity contribution in [1.82, 2.24) is 5.32 Å². The van der Waals surface area contributed by atoms with Gasteiger partial charge in [0, 0.05) is 0 Å². The number of rotatable bonds is 7. The lowest BCUT2D eigenvalue weighted by molar-refractivity contribution is 0.0606. The van der Waals surface area contributed by atoms with Crippen molar-refractivity contribution in [3.63, 3.8) is 0 Å². The molecule has 0 atom stereocenters. The predicted octanol–water partition coefficient (Wildman–Crippen LogP) is 3.47. The quantitative estimate of drug-likeness (QED) is 0.615. The van der Waals surface area contributed by atoms with E-state index in [1.807, 2.05) is 24.3 Å². The van der Waals surface area contributed by atoms with Crippen LogP contribution in [0, 0.1) is 0 Å². The van der Waals surface area contributed by atoms with Gasteiger partial charge in [-0.15, -0.1) is 11.3 Å². The number of hydrogen-bond donors (Lipinski definition) is 1. The lowest BCUT2D eigenvalue weighted by Crippen LogP contribution is -2.27. The Morgan fingerprint density at radius 1 is 1.08 bits per heavy atom. The normalized spacial score (nSPS) is 10.5. The van der Waals surface area contributed by atoms with Crippen molar-refractivity contribution >= 4 is 23.2 Å². The summed E-state index contributed by atoms with van der Waals surface area (Å²) in [7, 11) is 1.31. The molecule has 1 amide bonds. The third kappa shape index (κ3) is 4.83. The molecule has 0 unspecified atom stereocenters. The van der Waals surface area contributed by atoms with Gasteiger partial charge in [-0.2, -0.15) is 0 Å². The third-order valence-electron chi connectivity index (χ3n) is 3.42. The average molecular weight is 347 g/mol. The van der Waals surface area contributed by atoms with Crippen LogP contribution < -0.4 is 10.1 Å². The Morgan fingerprint density at radius 2 is 1.75 bits per heavy atom. The number of nitrogens with one attached hydrogen (secondary N) is 1. The van der Waals surface area contributed by atoms with Crippen LogP contribution in [-0.2, 0) is 4.74 Å². The Balaban J connectivity index is 1.76. The number of amides is 1. The van der Waals surface area contributed by atoms with Gasteiger partial charge in [0.25, 0.3) is 5.91 Å². The highest BCUT2D eigenvalue weighted by atomic mass is 32.1. The summed E-state index contributed by atoms with van der Waals surface area (Å²) in [5.41, 5.74) is 1.26. The van der Waals surface area contributed by atoms with Crippen LogP contribution in [0.15, 0.2) is 36.4 Å². The molecular weight excluding hydrogens is 326 g/mol. The number of methoxy groups -OCH3 is 1. The number of hydrogen-bond acceptors (Lipinski definition) is 5. The topological polar surface area (TPSA) is 64.6 Å². The predicted molar refractivity (Wildman–Crippen MR) is 94.0 cm³/mol. The number of carbonyl (C=O) groups is 2. The fraction of sp³-hybridized carbons (Fsp3) is 0.333. The summed E-state index contributed by atoms with van der Waals surface area (Å²) in [5, 5.41) is 2.76. The number of carbonyl (C=O) groups excluding carboxylic acids is 2. The minimum Gasteiger partial charge on any atom is -0.492 e. The van der Waals surface area contributed by atoms with Crippen LogP contribution in [0.3, 0.4) is 0 Å². The smallest absolute Gasteiger partial charge is 0.348 e. The van der Waals surface area contributed by atoms with Crippen LogP contribution in [0.25, 0.3) is 0 Å². The van der Waals surface area contributed by atoms with Gasteiger partial charge in [0.15, 0.2) is 0 Å². The van der Waals surface area contributed by atoms with Gasteiger partial charge < -0.3 is 14.8 Å². The molecule has 2 aromatic rings. The molecule has 0 saturated carbocycles. The van der Waals surface area contributed by atoms with E-state index >= 15 is 0 Å². The molecule has 0 radical (unpaired) electrons. The summed E-state index contributed by atoms with van der Waals surface area (Å²) in [6, 6.07) is 11.1. The maximum absolute atomic E-state index is 12.0. The van der Waals surface area contributed by atoms with E-state index in [9.17, 15) is 9.59 Å². The van der Waals surface area contributed by atoms with Gasteiger partial charge in [-0.1, -0.05) is 26.0 Å². The van der Waals surface area contributed by atoms with Crippen LogP contribution in [0.1, 0.15) is 44.7 Å². The molecule has 0 aliphatic rings. The largest absolute Gasteiger partial charge is 0.492 e. The standard InChI is InChI=1S/C18H21NO4S/c1-12(2)13-4-6-14(7-5-13)23-11-10-19-17(20)15-8-9-16(24-15)18(21)22-3/h4-9,12H,10-11H2,1-3H3,(H,19,20). The molecule has 6 heteroatoms. The molecule has 128 valence electrons. The van der Waals surface area contributed by atoms with Crippen molar-refractivity contribution in [2.75, 3.05) is 20.3 Å². The first-order valence-corrected chi connectivity index (χ1v) is 8.52. The Labute approximate surface area is 145 Å². The van der Waals surface area contributed by atoms with Crippen LogP contribution in [0.2, 0.25) is 0 Å². The number of esters is 1. The first-order chi connectivity index (χ1) is 11.5. The highest BCUT2D eigenvalue weighted by Gasteiger charge is 2.13. The minimum absolute atomic E-state index is 0.228. The second-order valence-corrected chi connectivity index (χ2v) is 6.57. The van der Waals surface area contributed by atoms with Crippen molar-refractivity contribution in [1.29, 1.82) is 0 Å². The fourth-order valence-electron chi connectivity index (χ4n) is 2.04. The zero-order valence-corrected chi connectivity index (χ0v) is 14.8. The fourth-order valence-corrected chi connectivity index (χ4v) is 2.88. The van der Waals surface area contributed by atoms with Crippen LogP contribution in [0.5, 0.6) is 5.75 Å². The van der Waals surface area contributed by atoms with Crippen molar-refractivity contribution in [3.05, 3.63) is 51.7 Å². The van der Waals surface area contributed by atoms with E-state index in [1.165, 1.54) is 12.7 Å². The lowest BCUT2D eigenvalue weighted by atomic mass is 10.0. The van der Waals surface area contributed by atoms with Crippen molar-refractivity contribution in [3.8, 4) is 5.75 Å². The molecule has 5 nitrogen and oxygen atoms in total. The summed E-state index contributed by atoms with van der Waals surface area (Å²) in [6.45, 7) is 5.04. The second-order valence-electron chi connectivity index (χ2n) is 5.48.